The van der Waals surface area contributed by atoms with E-state index in [1.807, 2.05) is 18.2 Å². The van der Waals surface area contributed by atoms with E-state index >= 15 is 0 Å². The summed E-state index contributed by atoms with van der Waals surface area (Å²) in [7, 11) is 0. The van der Waals surface area contributed by atoms with Gasteiger partial charge in [0.2, 0.25) is 5.91 Å². The smallest absolute Gasteiger partial charge is 0.408 e. The summed E-state index contributed by atoms with van der Waals surface area (Å²) < 4.78 is 5.17. The number of carbonyl (C=O) groups excluding carboxylic acids is 4. The third kappa shape index (κ3) is 9.33. The Hall–Kier alpha value is -2.75. The second-order valence-corrected chi connectivity index (χ2v) is 10.2. The number of hydrazine groups is 1. The van der Waals surface area contributed by atoms with Gasteiger partial charge in [-0.15, -0.1) is 0 Å². The highest BCUT2D eigenvalue weighted by atomic mass is 32.2. The number of carbonyl (C=O) groups is 4. The molecular weight excluding hydrogens is 444 g/mol. The van der Waals surface area contributed by atoms with Crippen LogP contribution < -0.4 is 21.5 Å². The number of ether oxygens (including phenoxy) is 1. The number of aryl methyl sites for hydroxylation is 2. The highest BCUT2D eigenvalue weighted by Crippen LogP contribution is 2.24. The second-order valence-electron chi connectivity index (χ2n) is 9.30. The van der Waals surface area contributed by atoms with Gasteiger partial charge < -0.3 is 15.4 Å². The van der Waals surface area contributed by atoms with Crippen LogP contribution >= 0.6 is 11.8 Å². The largest absolute Gasteiger partial charge is 0.444 e. The molecule has 0 heterocycles. The summed E-state index contributed by atoms with van der Waals surface area (Å²) >= 11 is 0.728. The lowest BCUT2D eigenvalue weighted by Gasteiger charge is -2.25. The molecule has 0 saturated heterocycles. The van der Waals surface area contributed by atoms with Gasteiger partial charge in [0.15, 0.2) is 0 Å². The van der Waals surface area contributed by atoms with Crippen LogP contribution in [-0.2, 0) is 27.2 Å². The molecule has 1 aromatic carbocycles. The van der Waals surface area contributed by atoms with Crippen molar-refractivity contribution in [2.45, 2.75) is 71.9 Å². The molecule has 182 valence electrons. The van der Waals surface area contributed by atoms with Crippen LogP contribution in [0.3, 0.4) is 0 Å². The lowest BCUT2D eigenvalue weighted by Crippen LogP contribution is -2.54. The van der Waals surface area contributed by atoms with Gasteiger partial charge in [-0.3, -0.25) is 25.2 Å². The number of anilines is 1. The number of benzene rings is 1. The Morgan fingerprint density at radius 3 is 2.33 bits per heavy atom. The number of hydrogen-bond acceptors (Lipinski definition) is 6. The maximum absolute atomic E-state index is 12.4. The van der Waals surface area contributed by atoms with Crippen molar-refractivity contribution in [3.63, 3.8) is 0 Å². The molecule has 1 aliphatic rings. The standard InChI is InChI=1S/C23H34N4O5S/c1-14(2)19(25-21(30)32-23(3,4)5)20(29)26-27-22(31)33-13-18(28)24-17-11-10-15-8-6-7-9-16(15)12-17/h10-12,14,19H,6-9,13H2,1-5H3,(H,24,28)(H,25,30)(H,26,29)(H,27,31)/t19-/m1/s1. The van der Waals surface area contributed by atoms with Crippen molar-refractivity contribution >= 4 is 40.6 Å². The van der Waals surface area contributed by atoms with Crippen LogP contribution in [0.4, 0.5) is 15.3 Å². The van der Waals surface area contributed by atoms with E-state index in [1.54, 1.807) is 34.6 Å². The molecule has 33 heavy (non-hydrogen) atoms. The minimum absolute atomic E-state index is 0.109. The number of thioether (sulfide) groups is 1. The van der Waals surface area contributed by atoms with E-state index in [2.05, 4.69) is 21.5 Å². The Balaban J connectivity index is 1.76. The molecule has 0 aliphatic heterocycles. The molecule has 0 unspecified atom stereocenters. The van der Waals surface area contributed by atoms with E-state index in [9.17, 15) is 19.2 Å². The van der Waals surface area contributed by atoms with Crippen LogP contribution in [0.5, 0.6) is 0 Å². The van der Waals surface area contributed by atoms with Crippen LogP contribution in [0.15, 0.2) is 18.2 Å². The third-order valence-corrected chi connectivity index (χ3v) is 5.65. The molecule has 10 heteroatoms. The van der Waals surface area contributed by atoms with Crippen molar-refractivity contribution in [1.82, 2.24) is 16.2 Å². The molecule has 4 amide bonds. The van der Waals surface area contributed by atoms with Crippen molar-refractivity contribution in [3.8, 4) is 0 Å². The fourth-order valence-corrected chi connectivity index (χ4v) is 3.79. The molecule has 0 radical (unpaired) electrons. The zero-order valence-corrected chi connectivity index (χ0v) is 20.7. The Morgan fingerprint density at radius 1 is 1.03 bits per heavy atom. The van der Waals surface area contributed by atoms with Gasteiger partial charge in [-0.1, -0.05) is 31.7 Å². The Labute approximate surface area is 199 Å². The summed E-state index contributed by atoms with van der Waals surface area (Å²) in [4.78, 5) is 48.6. The van der Waals surface area contributed by atoms with E-state index in [1.165, 1.54) is 17.5 Å². The van der Waals surface area contributed by atoms with E-state index in [4.69, 9.17) is 4.74 Å². The molecule has 1 aromatic rings. The summed E-state index contributed by atoms with van der Waals surface area (Å²) in [5.74, 6) is -1.26. The highest BCUT2D eigenvalue weighted by Gasteiger charge is 2.27. The number of alkyl carbamates (subject to hydrolysis) is 1. The first kappa shape index (κ1) is 26.5. The minimum atomic E-state index is -0.905. The van der Waals surface area contributed by atoms with Gasteiger partial charge in [0, 0.05) is 5.69 Å². The topological polar surface area (TPSA) is 126 Å². The van der Waals surface area contributed by atoms with E-state index in [0.717, 1.165) is 31.0 Å². The summed E-state index contributed by atoms with van der Waals surface area (Å²) in [5.41, 5.74) is 7.12. The molecule has 0 aromatic heterocycles. The average Bonchev–Trinajstić information content (AvgIpc) is 2.72. The molecular formula is C23H34N4O5S. The Kier molecular flexibility index (Phi) is 9.57. The third-order valence-electron chi connectivity index (χ3n) is 4.88. The number of hydrogen-bond donors (Lipinski definition) is 4. The van der Waals surface area contributed by atoms with Crippen molar-refractivity contribution in [1.29, 1.82) is 0 Å². The Morgan fingerprint density at radius 2 is 1.70 bits per heavy atom. The van der Waals surface area contributed by atoms with Crippen LogP contribution in [0.1, 0.15) is 58.6 Å². The van der Waals surface area contributed by atoms with Crippen molar-refractivity contribution in [3.05, 3.63) is 29.3 Å². The fourth-order valence-electron chi connectivity index (χ4n) is 3.34. The number of nitrogens with one attached hydrogen (secondary N) is 4. The van der Waals surface area contributed by atoms with E-state index < -0.39 is 28.9 Å². The zero-order valence-electron chi connectivity index (χ0n) is 19.9. The average molecular weight is 479 g/mol. The molecule has 9 nitrogen and oxygen atoms in total. The zero-order chi connectivity index (χ0) is 24.6. The van der Waals surface area contributed by atoms with Crippen LogP contribution in [0.25, 0.3) is 0 Å². The van der Waals surface area contributed by atoms with Crippen LogP contribution in [0.2, 0.25) is 0 Å². The maximum atomic E-state index is 12.4. The number of amides is 4. The molecule has 0 bridgehead atoms. The summed E-state index contributed by atoms with van der Waals surface area (Å²) in [5, 5.41) is 4.70. The number of rotatable bonds is 6. The monoisotopic (exact) mass is 478 g/mol. The fraction of sp³-hybridized carbons (Fsp3) is 0.565. The van der Waals surface area contributed by atoms with Gasteiger partial charge in [0.05, 0.1) is 5.75 Å². The predicted molar refractivity (Wildman–Crippen MR) is 129 cm³/mol. The lowest BCUT2D eigenvalue weighted by atomic mass is 9.91. The molecule has 0 fully saturated rings. The maximum Gasteiger partial charge on any atom is 0.408 e. The van der Waals surface area contributed by atoms with Gasteiger partial charge in [-0.05, 0) is 75.6 Å². The SMILES string of the molecule is CC(C)[C@@H](NC(=O)OC(C)(C)C)C(=O)NNC(=O)SCC(=O)Nc1ccc2c(c1)CCCC2. The number of fused-ring (bicyclic) bond motifs is 1. The van der Waals surface area contributed by atoms with Crippen LogP contribution in [0, 0.1) is 5.92 Å². The highest BCUT2D eigenvalue weighted by molar-refractivity contribution is 8.14. The summed E-state index contributed by atoms with van der Waals surface area (Å²) in [6.07, 6.45) is 3.69. The van der Waals surface area contributed by atoms with Gasteiger partial charge in [-0.2, -0.15) is 0 Å². The Bertz CT molecular complexity index is 882. The predicted octanol–water partition coefficient (Wildman–Crippen LogP) is 3.53. The van der Waals surface area contributed by atoms with Crippen LogP contribution in [-0.4, -0.2) is 40.5 Å². The first-order valence-corrected chi connectivity index (χ1v) is 12.1. The minimum Gasteiger partial charge on any atom is -0.444 e. The molecule has 0 saturated carbocycles. The summed E-state index contributed by atoms with van der Waals surface area (Å²) in [6.45, 7) is 8.66. The van der Waals surface area contributed by atoms with Crippen molar-refractivity contribution in [2.24, 2.45) is 5.92 Å². The molecule has 1 aliphatic carbocycles. The van der Waals surface area contributed by atoms with Gasteiger partial charge >= 0.3 is 6.09 Å². The van der Waals surface area contributed by atoms with Gasteiger partial charge in [0.1, 0.15) is 11.6 Å². The summed E-state index contributed by atoms with van der Waals surface area (Å²) in [6, 6.07) is 4.99. The molecule has 0 spiro atoms. The van der Waals surface area contributed by atoms with Gasteiger partial charge in [-0.25, -0.2) is 4.79 Å². The normalized spacial score (nSPS) is 14.0. The van der Waals surface area contributed by atoms with Gasteiger partial charge in [0.25, 0.3) is 11.1 Å². The van der Waals surface area contributed by atoms with E-state index in [-0.39, 0.29) is 17.6 Å². The van der Waals surface area contributed by atoms with E-state index in [0.29, 0.717) is 5.69 Å². The molecule has 4 N–H and O–H groups in total. The first-order chi connectivity index (χ1) is 15.4. The quantitative estimate of drug-likeness (QED) is 0.464. The first-order valence-electron chi connectivity index (χ1n) is 11.1. The van der Waals surface area contributed by atoms with Crippen molar-refractivity contribution < 1.29 is 23.9 Å². The van der Waals surface area contributed by atoms with Crippen molar-refractivity contribution in [2.75, 3.05) is 11.1 Å². The second kappa shape index (κ2) is 11.9. The molecule has 2 rings (SSSR count). The lowest BCUT2D eigenvalue weighted by molar-refractivity contribution is -0.124. The molecule has 1 atom stereocenters.